The van der Waals surface area contributed by atoms with Crippen LogP contribution in [-0.2, 0) is 0 Å². The summed E-state index contributed by atoms with van der Waals surface area (Å²) in [4.78, 5) is 10.3. The van der Waals surface area contributed by atoms with Crippen LogP contribution in [0.1, 0.15) is 31.3 Å². The number of nitrogens with zero attached hydrogens (tertiary/aromatic N) is 3. The van der Waals surface area contributed by atoms with Gasteiger partial charge in [0.1, 0.15) is 0 Å². The molecule has 0 aliphatic heterocycles. The molecule has 1 aromatic carbocycles. The minimum absolute atomic E-state index is 0.0281. The van der Waals surface area contributed by atoms with Gasteiger partial charge in [0.15, 0.2) is 0 Å². The van der Waals surface area contributed by atoms with Gasteiger partial charge in [-0.1, -0.05) is 6.92 Å². The van der Waals surface area contributed by atoms with Crippen molar-refractivity contribution in [1.82, 2.24) is 15.5 Å². The van der Waals surface area contributed by atoms with E-state index in [1.807, 2.05) is 13.8 Å². The van der Waals surface area contributed by atoms with Gasteiger partial charge in [-0.25, -0.2) is 0 Å². The van der Waals surface area contributed by atoms with Crippen molar-refractivity contribution in [1.29, 1.82) is 0 Å². The molecule has 0 saturated heterocycles. The van der Waals surface area contributed by atoms with Crippen molar-refractivity contribution in [2.45, 2.75) is 26.8 Å². The maximum Gasteiger partial charge on any atom is 0.269 e. The normalized spacial score (nSPS) is 12.3. The van der Waals surface area contributed by atoms with E-state index in [9.17, 15) is 10.1 Å². The van der Waals surface area contributed by atoms with E-state index in [1.54, 1.807) is 13.0 Å². The Kier molecular flexibility index (Phi) is 4.09. The molecule has 7 nitrogen and oxygen atoms in total. The smallest absolute Gasteiger partial charge is 0.269 e. The van der Waals surface area contributed by atoms with Gasteiger partial charge in [0.05, 0.1) is 11.0 Å². The highest BCUT2D eigenvalue weighted by atomic mass is 16.6. The van der Waals surface area contributed by atoms with Crippen LogP contribution in [0.4, 0.5) is 5.69 Å². The van der Waals surface area contributed by atoms with Gasteiger partial charge >= 0.3 is 0 Å². The van der Waals surface area contributed by atoms with Gasteiger partial charge in [0, 0.05) is 17.7 Å². The van der Waals surface area contributed by atoms with Crippen LogP contribution in [0.3, 0.4) is 0 Å². The Morgan fingerprint density at radius 3 is 2.80 bits per heavy atom. The Labute approximate surface area is 116 Å². The molecule has 106 valence electrons. The lowest BCUT2D eigenvalue weighted by Gasteiger charge is -2.06. The minimum atomic E-state index is -0.427. The molecule has 1 unspecified atom stereocenters. The number of hydrogen-bond acceptors (Lipinski definition) is 6. The molecular weight excluding hydrogens is 260 g/mol. The number of benzene rings is 1. The fourth-order valence-corrected chi connectivity index (χ4v) is 1.91. The second-order valence-electron chi connectivity index (χ2n) is 4.48. The molecule has 0 aliphatic carbocycles. The average molecular weight is 276 g/mol. The van der Waals surface area contributed by atoms with E-state index >= 15 is 0 Å². The van der Waals surface area contributed by atoms with Gasteiger partial charge < -0.3 is 9.73 Å². The van der Waals surface area contributed by atoms with Gasteiger partial charge in [-0.2, -0.15) is 0 Å². The van der Waals surface area contributed by atoms with E-state index in [0.29, 0.717) is 17.3 Å². The molecule has 0 amide bonds. The van der Waals surface area contributed by atoms with Crippen LogP contribution >= 0.6 is 0 Å². The number of nitro benzene ring substituents is 1. The van der Waals surface area contributed by atoms with E-state index < -0.39 is 4.92 Å². The van der Waals surface area contributed by atoms with E-state index in [2.05, 4.69) is 15.5 Å². The van der Waals surface area contributed by atoms with E-state index in [-0.39, 0.29) is 11.7 Å². The molecule has 0 saturated carbocycles. The standard InChI is InChI=1S/C13H16N4O3/c1-4-14-9(3)12-15-16-13(20-12)11-6-5-10(17(18)19)7-8(11)2/h5-7,9,14H,4H2,1-3H3. The molecule has 0 bridgehead atoms. The zero-order valence-corrected chi connectivity index (χ0v) is 11.6. The predicted octanol–water partition coefficient (Wildman–Crippen LogP) is 2.62. The Morgan fingerprint density at radius 1 is 1.45 bits per heavy atom. The van der Waals surface area contributed by atoms with Gasteiger partial charge in [-0.05, 0) is 32.0 Å². The summed E-state index contributed by atoms with van der Waals surface area (Å²) in [5.74, 6) is 0.872. The summed E-state index contributed by atoms with van der Waals surface area (Å²) in [6.45, 7) is 6.51. The van der Waals surface area contributed by atoms with Crippen molar-refractivity contribution in [2.75, 3.05) is 6.54 Å². The predicted molar refractivity (Wildman–Crippen MR) is 73.2 cm³/mol. The molecule has 7 heteroatoms. The van der Waals surface area contributed by atoms with Gasteiger partial charge in [0.25, 0.3) is 5.69 Å². The lowest BCUT2D eigenvalue weighted by Crippen LogP contribution is -2.17. The third-order valence-electron chi connectivity index (χ3n) is 2.97. The molecule has 0 radical (unpaired) electrons. The van der Waals surface area contributed by atoms with Crippen LogP contribution in [-0.4, -0.2) is 21.7 Å². The molecule has 0 spiro atoms. The Bertz CT molecular complexity index is 624. The number of nitrogens with one attached hydrogen (secondary N) is 1. The highest BCUT2D eigenvalue weighted by molar-refractivity contribution is 5.60. The SMILES string of the molecule is CCNC(C)c1nnc(-c2ccc([N+](=O)[O-])cc2C)o1. The van der Waals surface area contributed by atoms with E-state index in [0.717, 1.165) is 12.1 Å². The van der Waals surface area contributed by atoms with Crippen LogP contribution in [0.5, 0.6) is 0 Å². The van der Waals surface area contributed by atoms with Crippen LogP contribution in [0.2, 0.25) is 0 Å². The van der Waals surface area contributed by atoms with E-state index in [4.69, 9.17) is 4.42 Å². The number of aromatic nitrogens is 2. The maximum atomic E-state index is 10.7. The molecule has 1 atom stereocenters. The van der Waals surface area contributed by atoms with Crippen molar-refractivity contribution in [3.05, 3.63) is 39.8 Å². The topological polar surface area (TPSA) is 94.1 Å². The van der Waals surface area contributed by atoms with E-state index in [1.165, 1.54) is 12.1 Å². The molecule has 2 rings (SSSR count). The number of nitro groups is 1. The second-order valence-corrected chi connectivity index (χ2v) is 4.48. The van der Waals surface area contributed by atoms with Crippen LogP contribution in [0, 0.1) is 17.0 Å². The Morgan fingerprint density at radius 2 is 2.20 bits per heavy atom. The fraction of sp³-hybridized carbons (Fsp3) is 0.385. The fourth-order valence-electron chi connectivity index (χ4n) is 1.91. The third kappa shape index (κ3) is 2.83. The highest BCUT2D eigenvalue weighted by Crippen LogP contribution is 2.26. The van der Waals surface area contributed by atoms with Gasteiger partial charge in [-0.15, -0.1) is 10.2 Å². The van der Waals surface area contributed by atoms with Crippen molar-refractivity contribution in [3.63, 3.8) is 0 Å². The summed E-state index contributed by atoms with van der Waals surface area (Å²) in [6, 6.07) is 4.52. The van der Waals surface area contributed by atoms with Gasteiger partial charge in [-0.3, -0.25) is 10.1 Å². The average Bonchev–Trinajstić information content (AvgIpc) is 2.88. The molecule has 1 N–H and O–H groups in total. The van der Waals surface area contributed by atoms with Crippen molar-refractivity contribution in [2.24, 2.45) is 0 Å². The quantitative estimate of drug-likeness (QED) is 0.666. The number of non-ortho nitro benzene ring substituents is 1. The lowest BCUT2D eigenvalue weighted by atomic mass is 10.1. The van der Waals surface area contributed by atoms with Crippen molar-refractivity contribution in [3.8, 4) is 11.5 Å². The van der Waals surface area contributed by atoms with Crippen LogP contribution < -0.4 is 5.32 Å². The van der Waals surface area contributed by atoms with Crippen molar-refractivity contribution < 1.29 is 9.34 Å². The molecule has 1 heterocycles. The van der Waals surface area contributed by atoms with Gasteiger partial charge in [0.2, 0.25) is 11.8 Å². The minimum Gasteiger partial charge on any atom is -0.419 e. The number of aryl methyl sites for hydroxylation is 1. The molecule has 1 aromatic heterocycles. The number of hydrogen-bond donors (Lipinski definition) is 1. The van der Waals surface area contributed by atoms with Crippen LogP contribution in [0.25, 0.3) is 11.5 Å². The van der Waals surface area contributed by atoms with Crippen LogP contribution in [0.15, 0.2) is 22.6 Å². The summed E-state index contributed by atoms with van der Waals surface area (Å²) in [5.41, 5.74) is 1.48. The zero-order valence-electron chi connectivity index (χ0n) is 11.6. The molecule has 20 heavy (non-hydrogen) atoms. The molecule has 2 aromatic rings. The summed E-state index contributed by atoms with van der Waals surface area (Å²) in [6.07, 6.45) is 0. The number of rotatable bonds is 5. The first kappa shape index (κ1) is 14.1. The zero-order chi connectivity index (χ0) is 14.7. The summed E-state index contributed by atoms with van der Waals surface area (Å²) in [5, 5.41) is 21.9. The second kappa shape index (κ2) is 5.79. The maximum absolute atomic E-state index is 10.7. The molecule has 0 aliphatic rings. The Hall–Kier alpha value is -2.28. The first-order valence-electron chi connectivity index (χ1n) is 6.35. The summed E-state index contributed by atoms with van der Waals surface area (Å²) >= 11 is 0. The summed E-state index contributed by atoms with van der Waals surface area (Å²) < 4.78 is 5.61. The molecular formula is C13H16N4O3. The summed E-state index contributed by atoms with van der Waals surface area (Å²) in [7, 11) is 0. The first-order valence-corrected chi connectivity index (χ1v) is 6.35. The van der Waals surface area contributed by atoms with Crippen molar-refractivity contribution >= 4 is 5.69 Å². The monoisotopic (exact) mass is 276 g/mol. The third-order valence-corrected chi connectivity index (χ3v) is 2.97. The molecule has 0 fully saturated rings. The Balaban J connectivity index is 2.30. The largest absolute Gasteiger partial charge is 0.419 e. The highest BCUT2D eigenvalue weighted by Gasteiger charge is 2.17. The lowest BCUT2D eigenvalue weighted by molar-refractivity contribution is -0.384. The first-order chi connectivity index (χ1) is 9.52.